The van der Waals surface area contributed by atoms with Crippen molar-refractivity contribution in [1.29, 1.82) is 0 Å². The number of rotatable bonds is 12. The maximum Gasteiger partial charge on any atom is 0.338 e. The first-order valence-electron chi connectivity index (χ1n) is 12.9. The molecule has 1 fully saturated rings. The topological polar surface area (TPSA) is 114 Å². The minimum Gasteiger partial charge on any atom is -0.459 e. The molecule has 0 aliphatic heterocycles. The summed E-state index contributed by atoms with van der Waals surface area (Å²) < 4.78 is 16.9. The van der Waals surface area contributed by atoms with Crippen LogP contribution in [0.3, 0.4) is 0 Å². The van der Waals surface area contributed by atoms with Crippen LogP contribution in [-0.2, 0) is 25.6 Å². The molecule has 36 heavy (non-hydrogen) atoms. The van der Waals surface area contributed by atoms with Crippen molar-refractivity contribution in [2.75, 3.05) is 18.1 Å². The molecule has 0 aromatic heterocycles. The Kier molecular flexibility index (Phi) is 10.8. The van der Waals surface area contributed by atoms with Gasteiger partial charge < -0.3 is 25.7 Å². The van der Waals surface area contributed by atoms with E-state index in [1.54, 1.807) is 48.5 Å². The van der Waals surface area contributed by atoms with E-state index in [4.69, 9.17) is 25.7 Å². The largest absolute Gasteiger partial charge is 0.459 e. The molecule has 1 aliphatic rings. The van der Waals surface area contributed by atoms with Crippen LogP contribution in [0.4, 0.5) is 11.4 Å². The molecule has 4 N–H and O–H groups in total. The second-order valence-corrected chi connectivity index (χ2v) is 9.26. The molecule has 0 atom stereocenters. The average molecular weight is 495 g/mol. The van der Waals surface area contributed by atoms with Crippen molar-refractivity contribution in [2.45, 2.75) is 77.1 Å². The van der Waals surface area contributed by atoms with Crippen molar-refractivity contribution in [3.05, 3.63) is 65.2 Å². The molecule has 0 heterocycles. The molecule has 0 radical (unpaired) electrons. The van der Waals surface area contributed by atoms with Gasteiger partial charge in [-0.05, 0) is 74.1 Å². The Morgan fingerprint density at radius 2 is 1.67 bits per heavy atom. The van der Waals surface area contributed by atoms with E-state index in [1.165, 1.54) is 25.3 Å². The summed E-state index contributed by atoms with van der Waals surface area (Å²) in [4.78, 5) is 24.6. The van der Waals surface area contributed by atoms with Crippen molar-refractivity contribution in [3.8, 4) is 0 Å². The second-order valence-electron chi connectivity index (χ2n) is 9.26. The zero-order chi connectivity index (χ0) is 25.8. The fourth-order valence-corrected chi connectivity index (χ4v) is 4.16. The van der Waals surface area contributed by atoms with Crippen LogP contribution in [0.25, 0.3) is 6.08 Å². The van der Waals surface area contributed by atoms with E-state index in [0.29, 0.717) is 22.5 Å². The Morgan fingerprint density at radius 3 is 2.39 bits per heavy atom. The van der Waals surface area contributed by atoms with Crippen molar-refractivity contribution in [2.24, 2.45) is 0 Å². The van der Waals surface area contributed by atoms with Crippen LogP contribution in [0.15, 0.2) is 48.5 Å². The molecule has 0 amide bonds. The highest BCUT2D eigenvalue weighted by Crippen LogP contribution is 2.25. The number of unbranched alkanes of at least 4 members (excludes halogenated alkanes) is 3. The van der Waals surface area contributed by atoms with Gasteiger partial charge in [-0.1, -0.05) is 38.3 Å². The highest BCUT2D eigenvalue weighted by Gasteiger charge is 2.24. The second kappa shape index (κ2) is 14.3. The summed E-state index contributed by atoms with van der Waals surface area (Å²) in [6.45, 7) is 3.07. The van der Waals surface area contributed by atoms with Gasteiger partial charge in [0.1, 0.15) is 12.7 Å². The summed E-state index contributed by atoms with van der Waals surface area (Å²) in [5, 5.41) is 0. The van der Waals surface area contributed by atoms with Gasteiger partial charge in [0.15, 0.2) is 0 Å². The quantitative estimate of drug-likeness (QED) is 0.169. The molecular weight excluding hydrogens is 456 g/mol. The third-order valence-corrected chi connectivity index (χ3v) is 6.34. The van der Waals surface area contributed by atoms with E-state index in [2.05, 4.69) is 6.92 Å². The van der Waals surface area contributed by atoms with Crippen LogP contribution < -0.4 is 11.5 Å². The predicted molar refractivity (Wildman–Crippen MR) is 142 cm³/mol. The SMILES string of the molecule is CCCCCCOC1CCC(OC(=O)c2ccc(/C=C/C(=O)OCc3cc(N)ccc3N)cc2)CC1. The molecule has 194 valence electrons. The molecule has 0 bridgehead atoms. The number of hydrogen-bond donors (Lipinski definition) is 2. The highest BCUT2D eigenvalue weighted by molar-refractivity contribution is 5.90. The summed E-state index contributed by atoms with van der Waals surface area (Å²) in [5.41, 5.74) is 14.6. The van der Waals surface area contributed by atoms with Crippen LogP contribution in [0.2, 0.25) is 0 Å². The number of ether oxygens (including phenoxy) is 3. The number of nitrogens with two attached hydrogens (primary N) is 2. The van der Waals surface area contributed by atoms with E-state index in [-0.39, 0.29) is 24.8 Å². The van der Waals surface area contributed by atoms with E-state index < -0.39 is 5.97 Å². The molecule has 1 aliphatic carbocycles. The lowest BCUT2D eigenvalue weighted by Gasteiger charge is -2.28. The number of benzene rings is 2. The van der Waals surface area contributed by atoms with Crippen molar-refractivity contribution in [1.82, 2.24) is 0 Å². The van der Waals surface area contributed by atoms with Gasteiger partial charge >= 0.3 is 11.9 Å². The summed E-state index contributed by atoms with van der Waals surface area (Å²) >= 11 is 0. The predicted octanol–water partition coefficient (Wildman–Crippen LogP) is 5.67. The summed E-state index contributed by atoms with van der Waals surface area (Å²) in [7, 11) is 0. The molecule has 0 unspecified atom stereocenters. The Hall–Kier alpha value is -3.32. The standard InChI is InChI=1S/C29H38N2O5/c1-2-3-4-5-18-34-25-12-14-26(15-13-25)36-29(33)22-9-6-21(7-10-22)8-17-28(32)35-20-23-19-24(30)11-16-27(23)31/h6-11,16-17,19,25-26H,2-5,12-15,18,20,30-31H2,1H3/b17-8+. The van der Waals surface area contributed by atoms with Crippen LogP contribution >= 0.6 is 0 Å². The number of carbonyl (C=O) groups excluding carboxylic acids is 2. The number of anilines is 2. The normalized spacial score (nSPS) is 17.7. The minimum atomic E-state index is -0.499. The molecule has 1 saturated carbocycles. The smallest absolute Gasteiger partial charge is 0.338 e. The average Bonchev–Trinajstić information content (AvgIpc) is 2.89. The molecule has 2 aromatic carbocycles. The molecule has 2 aromatic rings. The number of nitrogen functional groups attached to an aromatic ring is 2. The highest BCUT2D eigenvalue weighted by atomic mass is 16.5. The van der Waals surface area contributed by atoms with Gasteiger partial charge in [-0.25, -0.2) is 9.59 Å². The van der Waals surface area contributed by atoms with Crippen molar-refractivity contribution in [3.63, 3.8) is 0 Å². The monoisotopic (exact) mass is 494 g/mol. The number of esters is 2. The zero-order valence-corrected chi connectivity index (χ0v) is 21.1. The Morgan fingerprint density at radius 1 is 0.944 bits per heavy atom. The molecule has 3 rings (SSSR count). The Bertz CT molecular complexity index is 1010. The van der Waals surface area contributed by atoms with Crippen molar-refractivity contribution < 1.29 is 23.8 Å². The molecule has 0 spiro atoms. The number of hydrogen-bond acceptors (Lipinski definition) is 7. The van der Waals surface area contributed by atoms with Crippen LogP contribution in [-0.4, -0.2) is 30.8 Å². The fraction of sp³-hybridized carbons (Fsp3) is 0.448. The van der Waals surface area contributed by atoms with Crippen LogP contribution in [0.1, 0.15) is 79.8 Å². The van der Waals surface area contributed by atoms with Gasteiger partial charge in [0.25, 0.3) is 0 Å². The molecular formula is C29H38N2O5. The van der Waals surface area contributed by atoms with Gasteiger partial charge in [-0.3, -0.25) is 0 Å². The van der Waals surface area contributed by atoms with Crippen molar-refractivity contribution >= 4 is 29.4 Å². The Labute approximate surface area is 213 Å². The number of carbonyl (C=O) groups is 2. The van der Waals surface area contributed by atoms with E-state index in [9.17, 15) is 9.59 Å². The summed E-state index contributed by atoms with van der Waals surface area (Å²) in [5.74, 6) is -0.825. The maximum atomic E-state index is 12.6. The van der Waals surface area contributed by atoms with Gasteiger partial charge in [0.05, 0.1) is 11.7 Å². The first-order chi connectivity index (χ1) is 17.4. The summed E-state index contributed by atoms with van der Waals surface area (Å²) in [6.07, 6.45) is 11.5. The minimum absolute atomic E-state index is 0.0395. The van der Waals surface area contributed by atoms with E-state index in [1.807, 2.05) is 0 Å². The lowest BCUT2D eigenvalue weighted by molar-refractivity contribution is -0.138. The van der Waals surface area contributed by atoms with E-state index in [0.717, 1.165) is 44.3 Å². The van der Waals surface area contributed by atoms with Gasteiger partial charge in [0, 0.05) is 29.6 Å². The van der Waals surface area contributed by atoms with Gasteiger partial charge in [0.2, 0.25) is 0 Å². The van der Waals surface area contributed by atoms with Crippen LogP contribution in [0.5, 0.6) is 0 Å². The van der Waals surface area contributed by atoms with Crippen LogP contribution in [0, 0.1) is 0 Å². The lowest BCUT2D eigenvalue weighted by Crippen LogP contribution is -2.28. The third-order valence-electron chi connectivity index (χ3n) is 6.34. The first kappa shape index (κ1) is 27.3. The maximum absolute atomic E-state index is 12.6. The first-order valence-corrected chi connectivity index (χ1v) is 12.9. The fourth-order valence-electron chi connectivity index (χ4n) is 4.16. The Balaban J connectivity index is 1.38. The third kappa shape index (κ3) is 9.04. The van der Waals surface area contributed by atoms with Gasteiger partial charge in [-0.15, -0.1) is 0 Å². The lowest BCUT2D eigenvalue weighted by atomic mass is 9.95. The molecule has 7 nitrogen and oxygen atoms in total. The molecule has 0 saturated heterocycles. The molecule has 7 heteroatoms. The summed E-state index contributed by atoms with van der Waals surface area (Å²) in [6, 6.07) is 12.0. The van der Waals surface area contributed by atoms with Gasteiger partial charge in [-0.2, -0.15) is 0 Å². The zero-order valence-electron chi connectivity index (χ0n) is 21.1. The van der Waals surface area contributed by atoms with E-state index >= 15 is 0 Å².